The highest BCUT2D eigenvalue weighted by Gasteiger charge is 2.61. The van der Waals surface area contributed by atoms with Gasteiger partial charge in [0, 0.05) is 0 Å². The number of allylic oxidation sites excluding steroid dienone is 2. The van der Waals surface area contributed by atoms with Crippen molar-refractivity contribution in [1.29, 1.82) is 0 Å². The second kappa shape index (κ2) is 3.68. The number of Topliss-reactive ketones (excluding diaryl/α,β-unsaturated/α-hetero) is 1. The van der Waals surface area contributed by atoms with Crippen LogP contribution >= 0.6 is 0 Å². The largest absolute Gasteiger partial charge is 0.495 e. The maximum absolute atomic E-state index is 12.2. The van der Waals surface area contributed by atoms with Gasteiger partial charge in [0.2, 0.25) is 0 Å². The van der Waals surface area contributed by atoms with Gasteiger partial charge in [-0.3, -0.25) is 9.59 Å². The number of hydrogen-bond donors (Lipinski definition) is 0. The lowest BCUT2D eigenvalue weighted by Gasteiger charge is -2.30. The molecule has 0 amide bonds. The fourth-order valence-electron chi connectivity index (χ4n) is 3.14. The minimum absolute atomic E-state index is 0.0307. The standard InChI is InChI=1S/C13H14O5/c1-5-4-6(14)7-8(9(5)15)11-13(17-3)12(16-2)10(7)18-11/h4,7-8,10-11H,1-3H3/t7-,8-,10+,11-/m0/s1. The zero-order valence-corrected chi connectivity index (χ0v) is 10.4. The summed E-state index contributed by atoms with van der Waals surface area (Å²) in [4.78, 5) is 24.2. The van der Waals surface area contributed by atoms with Crippen LogP contribution < -0.4 is 0 Å². The zero-order chi connectivity index (χ0) is 13.0. The summed E-state index contributed by atoms with van der Waals surface area (Å²) in [7, 11) is 3.04. The van der Waals surface area contributed by atoms with Gasteiger partial charge in [0.1, 0.15) is 12.2 Å². The summed E-state index contributed by atoms with van der Waals surface area (Å²) in [5.41, 5.74) is 0.492. The van der Waals surface area contributed by atoms with Crippen LogP contribution in [0.2, 0.25) is 0 Å². The molecule has 0 aromatic heterocycles. The maximum atomic E-state index is 12.2. The first-order valence-corrected chi connectivity index (χ1v) is 5.84. The van der Waals surface area contributed by atoms with E-state index in [-0.39, 0.29) is 11.6 Å². The van der Waals surface area contributed by atoms with Gasteiger partial charge in [-0.25, -0.2) is 0 Å². The van der Waals surface area contributed by atoms with Crippen LogP contribution in [0.3, 0.4) is 0 Å². The number of carbonyl (C=O) groups excluding carboxylic acids is 2. The Kier molecular flexibility index (Phi) is 2.35. The number of rotatable bonds is 2. The first-order chi connectivity index (χ1) is 8.60. The molecule has 3 rings (SSSR count). The molecule has 1 fully saturated rings. The van der Waals surface area contributed by atoms with Crippen LogP contribution in [0.5, 0.6) is 0 Å². The van der Waals surface area contributed by atoms with Gasteiger partial charge in [-0.2, -0.15) is 0 Å². The second-order valence-electron chi connectivity index (χ2n) is 4.76. The van der Waals surface area contributed by atoms with E-state index in [0.717, 1.165) is 0 Å². The lowest BCUT2D eigenvalue weighted by Crippen LogP contribution is -2.43. The quantitative estimate of drug-likeness (QED) is 0.718. The number of hydrogen-bond acceptors (Lipinski definition) is 5. The molecule has 1 aliphatic carbocycles. The molecule has 0 radical (unpaired) electrons. The van der Waals surface area contributed by atoms with E-state index in [2.05, 4.69) is 0 Å². The topological polar surface area (TPSA) is 61.8 Å². The summed E-state index contributed by atoms with van der Waals surface area (Å²) in [6.45, 7) is 1.66. The summed E-state index contributed by atoms with van der Waals surface area (Å²) in [6.07, 6.45) is 0.439. The van der Waals surface area contributed by atoms with Gasteiger partial charge in [0.25, 0.3) is 0 Å². The average Bonchev–Trinajstić information content (AvgIpc) is 2.90. The molecule has 0 unspecified atom stereocenters. The molecule has 0 saturated carbocycles. The Hall–Kier alpha value is -1.62. The number of carbonyl (C=O) groups is 2. The van der Waals surface area contributed by atoms with Crippen molar-refractivity contribution < 1.29 is 23.8 Å². The third kappa shape index (κ3) is 1.20. The molecular formula is C13H14O5. The molecule has 0 spiro atoms. The molecule has 0 aromatic rings. The summed E-state index contributed by atoms with van der Waals surface area (Å²) in [5.74, 6) is 0.0740. The van der Waals surface area contributed by atoms with E-state index in [9.17, 15) is 9.59 Å². The Morgan fingerprint density at radius 2 is 1.61 bits per heavy atom. The first kappa shape index (κ1) is 11.5. The molecule has 5 nitrogen and oxygen atoms in total. The molecule has 5 heteroatoms. The van der Waals surface area contributed by atoms with E-state index in [1.807, 2.05) is 0 Å². The highest BCUT2D eigenvalue weighted by Crippen LogP contribution is 2.50. The number of ketones is 2. The Morgan fingerprint density at radius 1 is 1.06 bits per heavy atom. The Balaban J connectivity index is 2.08. The minimum Gasteiger partial charge on any atom is -0.495 e. The van der Waals surface area contributed by atoms with Crippen LogP contribution in [0, 0.1) is 11.8 Å². The predicted molar refractivity (Wildman–Crippen MR) is 60.5 cm³/mol. The normalized spacial score (nSPS) is 37.8. The van der Waals surface area contributed by atoms with Crippen molar-refractivity contribution in [2.45, 2.75) is 19.1 Å². The van der Waals surface area contributed by atoms with Gasteiger partial charge in [-0.15, -0.1) is 0 Å². The molecule has 4 atom stereocenters. The van der Waals surface area contributed by atoms with Crippen molar-refractivity contribution in [1.82, 2.24) is 0 Å². The van der Waals surface area contributed by atoms with Gasteiger partial charge in [0.05, 0.1) is 26.1 Å². The highest BCUT2D eigenvalue weighted by atomic mass is 16.6. The van der Waals surface area contributed by atoms with E-state index >= 15 is 0 Å². The van der Waals surface area contributed by atoms with Crippen molar-refractivity contribution in [3.63, 3.8) is 0 Å². The van der Waals surface area contributed by atoms with Gasteiger partial charge in [0.15, 0.2) is 23.1 Å². The second-order valence-corrected chi connectivity index (χ2v) is 4.76. The van der Waals surface area contributed by atoms with E-state index in [1.54, 1.807) is 6.92 Å². The van der Waals surface area contributed by atoms with Gasteiger partial charge < -0.3 is 14.2 Å². The number of ether oxygens (including phenoxy) is 3. The fourth-order valence-corrected chi connectivity index (χ4v) is 3.14. The molecule has 1 saturated heterocycles. The van der Waals surface area contributed by atoms with Crippen LogP contribution in [0.4, 0.5) is 0 Å². The van der Waals surface area contributed by atoms with Crippen LogP contribution in [-0.4, -0.2) is 38.0 Å². The molecule has 2 aliphatic heterocycles. The van der Waals surface area contributed by atoms with Crippen molar-refractivity contribution in [2.75, 3.05) is 14.2 Å². The third-order valence-electron chi connectivity index (χ3n) is 3.91. The van der Waals surface area contributed by atoms with E-state index < -0.39 is 24.0 Å². The Bertz CT molecular complexity index is 502. The van der Waals surface area contributed by atoms with E-state index in [0.29, 0.717) is 17.1 Å². The van der Waals surface area contributed by atoms with Crippen molar-refractivity contribution >= 4 is 11.6 Å². The van der Waals surface area contributed by atoms with Crippen molar-refractivity contribution in [3.05, 3.63) is 23.2 Å². The maximum Gasteiger partial charge on any atom is 0.165 e. The number of methoxy groups -OCH3 is 2. The molecule has 3 aliphatic rings. The third-order valence-corrected chi connectivity index (χ3v) is 3.91. The average molecular weight is 250 g/mol. The highest BCUT2D eigenvalue weighted by molar-refractivity contribution is 6.11. The van der Waals surface area contributed by atoms with Crippen molar-refractivity contribution in [3.8, 4) is 0 Å². The minimum atomic E-state index is -0.486. The Morgan fingerprint density at radius 3 is 2.17 bits per heavy atom. The smallest absolute Gasteiger partial charge is 0.165 e. The van der Waals surface area contributed by atoms with Crippen LogP contribution in [-0.2, 0) is 23.8 Å². The molecule has 2 heterocycles. The summed E-state index contributed by atoms with van der Waals surface area (Å²) >= 11 is 0. The SMILES string of the molecule is COC1=C(OC)[C@@H]2O[C@H]1[C@@H]1C(=O)C(C)=CC(=O)[C@@H]12. The van der Waals surface area contributed by atoms with E-state index in [1.165, 1.54) is 20.3 Å². The lowest BCUT2D eigenvalue weighted by atomic mass is 9.71. The fraction of sp³-hybridized carbons (Fsp3) is 0.538. The molecule has 0 N–H and O–H groups in total. The first-order valence-electron chi connectivity index (χ1n) is 5.84. The summed E-state index contributed by atoms with van der Waals surface area (Å²) in [6, 6.07) is 0. The van der Waals surface area contributed by atoms with Crippen molar-refractivity contribution in [2.24, 2.45) is 11.8 Å². The Labute approximate surface area is 104 Å². The molecule has 18 heavy (non-hydrogen) atoms. The van der Waals surface area contributed by atoms with E-state index in [4.69, 9.17) is 14.2 Å². The molecule has 0 aromatic carbocycles. The van der Waals surface area contributed by atoms with Crippen LogP contribution in [0.1, 0.15) is 6.92 Å². The molecule has 96 valence electrons. The summed E-state index contributed by atoms with van der Waals surface area (Å²) in [5, 5.41) is 0. The van der Waals surface area contributed by atoms with Crippen LogP contribution in [0.25, 0.3) is 0 Å². The molecule has 2 bridgehead atoms. The van der Waals surface area contributed by atoms with Gasteiger partial charge in [-0.05, 0) is 18.6 Å². The molecular weight excluding hydrogens is 236 g/mol. The monoisotopic (exact) mass is 250 g/mol. The predicted octanol–water partition coefficient (Wildman–Crippen LogP) is 0.602. The number of fused-ring (bicyclic) bond motifs is 5. The zero-order valence-electron chi connectivity index (χ0n) is 10.4. The van der Waals surface area contributed by atoms with Crippen LogP contribution in [0.15, 0.2) is 23.2 Å². The summed E-state index contributed by atoms with van der Waals surface area (Å²) < 4.78 is 16.2. The van der Waals surface area contributed by atoms with Gasteiger partial charge >= 0.3 is 0 Å². The van der Waals surface area contributed by atoms with Gasteiger partial charge in [-0.1, -0.05) is 0 Å². The lowest BCUT2D eigenvalue weighted by molar-refractivity contribution is -0.129.